The first-order chi connectivity index (χ1) is 9.41. The molecule has 5 heteroatoms. The van der Waals surface area contributed by atoms with Crippen molar-refractivity contribution >= 4 is 11.8 Å². The summed E-state index contributed by atoms with van der Waals surface area (Å²) in [4.78, 5) is 22.8. The van der Waals surface area contributed by atoms with Crippen LogP contribution in [0, 0.1) is 5.92 Å². The molecule has 0 fully saturated rings. The van der Waals surface area contributed by atoms with E-state index in [4.69, 9.17) is 4.74 Å². The Kier molecular flexibility index (Phi) is 11.1. The van der Waals surface area contributed by atoms with Gasteiger partial charge in [0.2, 0.25) is 11.8 Å². The van der Waals surface area contributed by atoms with Crippen LogP contribution in [0.2, 0.25) is 0 Å². The molecule has 0 aliphatic rings. The predicted molar refractivity (Wildman–Crippen MR) is 80.4 cm³/mol. The van der Waals surface area contributed by atoms with Gasteiger partial charge in [-0.05, 0) is 32.6 Å². The molecule has 0 aromatic carbocycles. The Morgan fingerprint density at radius 1 is 0.950 bits per heavy atom. The SMILES string of the molecule is CC(C)CCCC(=O)NCCCNC(=O)COC(C)C. The second-order valence-electron chi connectivity index (χ2n) is 5.70. The van der Waals surface area contributed by atoms with Gasteiger partial charge in [0.05, 0.1) is 6.10 Å². The van der Waals surface area contributed by atoms with Gasteiger partial charge in [-0.15, -0.1) is 0 Å². The molecule has 0 bridgehead atoms. The lowest BCUT2D eigenvalue weighted by Gasteiger charge is -2.09. The fourth-order valence-corrected chi connectivity index (χ4v) is 1.60. The quantitative estimate of drug-likeness (QED) is 0.570. The lowest BCUT2D eigenvalue weighted by atomic mass is 10.1. The summed E-state index contributed by atoms with van der Waals surface area (Å²) in [6.45, 7) is 9.36. The third-order valence-corrected chi connectivity index (χ3v) is 2.73. The fraction of sp³-hybridized carbons (Fsp3) is 0.867. The van der Waals surface area contributed by atoms with Crippen LogP contribution in [-0.4, -0.2) is 37.6 Å². The van der Waals surface area contributed by atoms with Crippen molar-refractivity contribution in [3.63, 3.8) is 0 Å². The maximum Gasteiger partial charge on any atom is 0.246 e. The molecule has 0 aromatic heterocycles. The zero-order valence-electron chi connectivity index (χ0n) is 13.3. The van der Waals surface area contributed by atoms with Crippen molar-refractivity contribution in [3.8, 4) is 0 Å². The van der Waals surface area contributed by atoms with Gasteiger partial charge in [-0.1, -0.05) is 20.3 Å². The van der Waals surface area contributed by atoms with Crippen molar-refractivity contribution < 1.29 is 14.3 Å². The molecule has 0 aliphatic heterocycles. The van der Waals surface area contributed by atoms with E-state index in [2.05, 4.69) is 24.5 Å². The summed E-state index contributed by atoms with van der Waals surface area (Å²) < 4.78 is 5.18. The van der Waals surface area contributed by atoms with E-state index in [0.29, 0.717) is 25.4 Å². The van der Waals surface area contributed by atoms with Crippen LogP contribution in [0.5, 0.6) is 0 Å². The van der Waals surface area contributed by atoms with Crippen LogP contribution in [0.1, 0.15) is 53.4 Å². The van der Waals surface area contributed by atoms with Crippen LogP contribution in [0.15, 0.2) is 0 Å². The van der Waals surface area contributed by atoms with Gasteiger partial charge in [-0.2, -0.15) is 0 Å². The highest BCUT2D eigenvalue weighted by Gasteiger charge is 2.04. The smallest absolute Gasteiger partial charge is 0.246 e. The lowest BCUT2D eigenvalue weighted by molar-refractivity contribution is -0.127. The van der Waals surface area contributed by atoms with E-state index in [-0.39, 0.29) is 24.5 Å². The van der Waals surface area contributed by atoms with Gasteiger partial charge >= 0.3 is 0 Å². The van der Waals surface area contributed by atoms with Crippen LogP contribution < -0.4 is 10.6 Å². The van der Waals surface area contributed by atoms with Crippen molar-refractivity contribution in [1.29, 1.82) is 0 Å². The van der Waals surface area contributed by atoms with Crippen molar-refractivity contribution in [3.05, 3.63) is 0 Å². The van der Waals surface area contributed by atoms with Gasteiger partial charge in [-0.25, -0.2) is 0 Å². The number of hydrogen-bond donors (Lipinski definition) is 2. The maximum atomic E-state index is 11.5. The summed E-state index contributed by atoms with van der Waals surface area (Å²) >= 11 is 0. The summed E-state index contributed by atoms with van der Waals surface area (Å²) in [7, 11) is 0. The lowest BCUT2D eigenvalue weighted by Crippen LogP contribution is -2.32. The monoisotopic (exact) mass is 286 g/mol. The normalized spacial score (nSPS) is 10.9. The number of carbonyl (C=O) groups excluding carboxylic acids is 2. The minimum absolute atomic E-state index is 0.0610. The third kappa shape index (κ3) is 13.3. The van der Waals surface area contributed by atoms with E-state index in [1.165, 1.54) is 0 Å². The summed E-state index contributed by atoms with van der Waals surface area (Å²) in [5.74, 6) is 0.633. The number of carbonyl (C=O) groups is 2. The summed E-state index contributed by atoms with van der Waals surface area (Å²) in [5.41, 5.74) is 0. The zero-order chi connectivity index (χ0) is 15.4. The van der Waals surface area contributed by atoms with Gasteiger partial charge < -0.3 is 15.4 Å². The molecule has 0 unspecified atom stereocenters. The van der Waals surface area contributed by atoms with Gasteiger partial charge in [0.1, 0.15) is 6.61 Å². The Morgan fingerprint density at radius 2 is 1.55 bits per heavy atom. The molecule has 0 aromatic rings. The molecule has 0 heterocycles. The van der Waals surface area contributed by atoms with Crippen LogP contribution in [0.25, 0.3) is 0 Å². The first-order valence-electron chi connectivity index (χ1n) is 7.56. The molecule has 0 atom stereocenters. The third-order valence-electron chi connectivity index (χ3n) is 2.73. The average molecular weight is 286 g/mol. The molecule has 0 rings (SSSR count). The Balaban J connectivity index is 3.38. The Bertz CT molecular complexity index is 278. The van der Waals surface area contributed by atoms with Crippen molar-refractivity contribution in [2.75, 3.05) is 19.7 Å². The molecule has 2 N–H and O–H groups in total. The molecule has 0 spiro atoms. The first-order valence-corrected chi connectivity index (χ1v) is 7.56. The van der Waals surface area contributed by atoms with Gasteiger partial charge in [0.25, 0.3) is 0 Å². The van der Waals surface area contributed by atoms with E-state index in [1.54, 1.807) is 0 Å². The molecule has 0 saturated carbocycles. The van der Waals surface area contributed by atoms with Gasteiger partial charge in [-0.3, -0.25) is 9.59 Å². The molecule has 118 valence electrons. The summed E-state index contributed by atoms with van der Waals surface area (Å²) in [5, 5.41) is 5.61. The number of hydrogen-bond acceptors (Lipinski definition) is 3. The minimum atomic E-state index is -0.109. The molecule has 0 radical (unpaired) electrons. The number of ether oxygens (including phenoxy) is 1. The van der Waals surface area contributed by atoms with Crippen LogP contribution >= 0.6 is 0 Å². The van der Waals surface area contributed by atoms with E-state index in [1.807, 2.05) is 13.8 Å². The Morgan fingerprint density at radius 3 is 2.10 bits per heavy atom. The van der Waals surface area contributed by atoms with Crippen molar-refractivity contribution in [1.82, 2.24) is 10.6 Å². The Labute approximate surface area is 122 Å². The maximum absolute atomic E-state index is 11.5. The van der Waals surface area contributed by atoms with Crippen molar-refractivity contribution in [2.24, 2.45) is 5.92 Å². The largest absolute Gasteiger partial charge is 0.369 e. The second-order valence-corrected chi connectivity index (χ2v) is 5.70. The van der Waals surface area contributed by atoms with Gasteiger partial charge in [0.15, 0.2) is 0 Å². The molecule has 5 nitrogen and oxygen atoms in total. The fourth-order valence-electron chi connectivity index (χ4n) is 1.60. The highest BCUT2D eigenvalue weighted by Crippen LogP contribution is 2.05. The number of rotatable bonds is 11. The number of amides is 2. The zero-order valence-corrected chi connectivity index (χ0v) is 13.3. The molecular weight excluding hydrogens is 256 g/mol. The number of nitrogens with one attached hydrogen (secondary N) is 2. The topological polar surface area (TPSA) is 67.4 Å². The van der Waals surface area contributed by atoms with Gasteiger partial charge in [0, 0.05) is 19.5 Å². The highest BCUT2D eigenvalue weighted by molar-refractivity contribution is 5.77. The summed E-state index contributed by atoms with van der Waals surface area (Å²) in [6.07, 6.45) is 3.41. The molecule has 0 saturated heterocycles. The van der Waals surface area contributed by atoms with Crippen molar-refractivity contribution in [2.45, 2.75) is 59.5 Å². The molecular formula is C15H30N2O3. The van der Waals surface area contributed by atoms with E-state index < -0.39 is 0 Å². The van der Waals surface area contributed by atoms with E-state index >= 15 is 0 Å². The van der Waals surface area contributed by atoms with E-state index in [9.17, 15) is 9.59 Å². The Hall–Kier alpha value is -1.10. The second kappa shape index (κ2) is 11.7. The highest BCUT2D eigenvalue weighted by atomic mass is 16.5. The molecule has 20 heavy (non-hydrogen) atoms. The van der Waals surface area contributed by atoms with E-state index in [0.717, 1.165) is 19.3 Å². The average Bonchev–Trinajstić information content (AvgIpc) is 2.35. The van der Waals surface area contributed by atoms with Crippen LogP contribution in [0.3, 0.4) is 0 Å². The minimum Gasteiger partial charge on any atom is -0.369 e. The van der Waals surface area contributed by atoms with Crippen LogP contribution in [-0.2, 0) is 14.3 Å². The standard InChI is InChI=1S/C15H30N2O3/c1-12(2)7-5-8-14(18)16-9-6-10-17-15(19)11-20-13(3)4/h12-13H,5-11H2,1-4H3,(H,16,18)(H,17,19). The van der Waals surface area contributed by atoms with Crippen LogP contribution in [0.4, 0.5) is 0 Å². The molecule has 2 amide bonds. The first kappa shape index (κ1) is 18.9. The summed E-state index contributed by atoms with van der Waals surface area (Å²) in [6, 6.07) is 0. The predicted octanol–water partition coefficient (Wildman–Crippen LogP) is 1.86. The molecule has 0 aliphatic carbocycles.